The summed E-state index contributed by atoms with van der Waals surface area (Å²) < 4.78 is 30.4. The van der Waals surface area contributed by atoms with Gasteiger partial charge in [0, 0.05) is 6.54 Å². The van der Waals surface area contributed by atoms with Gasteiger partial charge in [0.05, 0.1) is 11.8 Å². The molecule has 1 amide bonds. The normalized spacial score (nSPS) is 10.4. The average Bonchev–Trinajstić information content (AvgIpc) is 2.77. The maximum Gasteiger partial charge on any atom is 0.256 e. The third-order valence-electron chi connectivity index (χ3n) is 2.30. The lowest BCUT2D eigenvalue weighted by Gasteiger charge is -2.04. The second-order valence-corrected chi connectivity index (χ2v) is 3.88. The Bertz CT molecular complexity index is 583. The molecule has 0 atom stereocenters. The molecule has 0 fully saturated rings. The van der Waals surface area contributed by atoms with Crippen molar-refractivity contribution in [1.29, 1.82) is 0 Å². The van der Waals surface area contributed by atoms with Gasteiger partial charge in [0.1, 0.15) is 0 Å². The van der Waals surface area contributed by atoms with Crippen LogP contribution in [-0.4, -0.2) is 5.91 Å². The molecule has 0 aliphatic rings. The summed E-state index contributed by atoms with van der Waals surface area (Å²) in [6.07, 6.45) is 1.29. The van der Waals surface area contributed by atoms with E-state index < -0.39 is 17.5 Å². The number of amides is 1. The van der Waals surface area contributed by atoms with Crippen molar-refractivity contribution in [3.63, 3.8) is 0 Å². The van der Waals surface area contributed by atoms with Crippen molar-refractivity contribution in [3.05, 3.63) is 58.5 Å². The third kappa shape index (κ3) is 2.68. The topological polar surface area (TPSA) is 42.2 Å². The van der Waals surface area contributed by atoms with Crippen LogP contribution in [0.15, 0.2) is 34.9 Å². The van der Waals surface area contributed by atoms with Gasteiger partial charge in [-0.1, -0.05) is 6.07 Å². The molecule has 0 radical (unpaired) electrons. The molecule has 18 heavy (non-hydrogen) atoms. The van der Waals surface area contributed by atoms with E-state index in [2.05, 4.69) is 5.32 Å². The lowest BCUT2D eigenvalue weighted by atomic mass is 10.2. The van der Waals surface area contributed by atoms with Crippen molar-refractivity contribution in [2.45, 2.75) is 6.54 Å². The number of nitrogens with one attached hydrogen (secondary N) is 1. The lowest BCUT2D eigenvalue weighted by Crippen LogP contribution is -2.22. The molecule has 0 aliphatic heterocycles. The largest absolute Gasteiger partial charge is 0.452 e. The first-order valence-electron chi connectivity index (χ1n) is 5.03. The van der Waals surface area contributed by atoms with Gasteiger partial charge in [-0.05, 0) is 35.4 Å². The zero-order valence-corrected chi connectivity index (χ0v) is 9.80. The van der Waals surface area contributed by atoms with Crippen molar-refractivity contribution in [2.24, 2.45) is 0 Å². The molecule has 0 spiro atoms. The molecule has 2 rings (SSSR count). The zero-order chi connectivity index (χ0) is 13.1. The summed E-state index contributed by atoms with van der Waals surface area (Å²) in [6.45, 7) is 0.0670. The number of halogens is 3. The highest BCUT2D eigenvalue weighted by atomic mass is 35.5. The lowest BCUT2D eigenvalue weighted by molar-refractivity contribution is 0.0950. The summed E-state index contributed by atoms with van der Waals surface area (Å²) in [4.78, 5) is 11.6. The van der Waals surface area contributed by atoms with Gasteiger partial charge in [0.25, 0.3) is 5.91 Å². The fraction of sp³-hybridized carbons (Fsp3) is 0.0833. The Balaban J connectivity index is 2.02. The van der Waals surface area contributed by atoms with Crippen molar-refractivity contribution in [1.82, 2.24) is 5.32 Å². The van der Waals surface area contributed by atoms with Crippen LogP contribution in [0.5, 0.6) is 0 Å². The van der Waals surface area contributed by atoms with Crippen molar-refractivity contribution < 1.29 is 18.0 Å². The van der Waals surface area contributed by atoms with Crippen LogP contribution >= 0.6 is 11.6 Å². The molecular formula is C12H8ClF2NO2. The summed E-state index contributed by atoms with van der Waals surface area (Å²) in [7, 11) is 0. The van der Waals surface area contributed by atoms with Crippen LogP contribution in [0.4, 0.5) is 8.78 Å². The third-order valence-corrected chi connectivity index (χ3v) is 2.59. The van der Waals surface area contributed by atoms with E-state index in [0.717, 1.165) is 12.1 Å². The number of hydrogen-bond acceptors (Lipinski definition) is 2. The second-order valence-electron chi connectivity index (χ2n) is 3.54. The number of carbonyl (C=O) groups excluding carboxylic acids is 1. The minimum atomic E-state index is -0.955. The van der Waals surface area contributed by atoms with E-state index in [1.54, 1.807) is 0 Å². The summed E-state index contributed by atoms with van der Waals surface area (Å²) >= 11 is 5.63. The predicted octanol–water partition coefficient (Wildman–Crippen LogP) is 3.14. The van der Waals surface area contributed by atoms with Crippen molar-refractivity contribution in [2.75, 3.05) is 0 Å². The summed E-state index contributed by atoms with van der Waals surface area (Å²) in [5.74, 6) is -2.33. The maximum absolute atomic E-state index is 12.9. The smallest absolute Gasteiger partial charge is 0.256 e. The molecule has 94 valence electrons. The van der Waals surface area contributed by atoms with Crippen LogP contribution in [0, 0.1) is 11.6 Å². The Morgan fingerprint density at radius 2 is 2.06 bits per heavy atom. The number of hydrogen-bond donors (Lipinski definition) is 1. The Hall–Kier alpha value is -1.88. The van der Waals surface area contributed by atoms with E-state index in [9.17, 15) is 13.6 Å². The van der Waals surface area contributed by atoms with Gasteiger partial charge >= 0.3 is 0 Å². The Morgan fingerprint density at radius 1 is 1.28 bits per heavy atom. The molecule has 0 aliphatic carbocycles. The first kappa shape index (κ1) is 12.6. The summed E-state index contributed by atoms with van der Waals surface area (Å²) in [5, 5.41) is 2.50. The van der Waals surface area contributed by atoms with Gasteiger partial charge in [-0.3, -0.25) is 4.79 Å². The van der Waals surface area contributed by atoms with Crippen LogP contribution in [-0.2, 0) is 6.54 Å². The van der Waals surface area contributed by atoms with E-state index in [1.807, 2.05) is 0 Å². The Labute approximate surface area is 106 Å². The molecule has 0 saturated heterocycles. The highest BCUT2D eigenvalue weighted by Gasteiger charge is 2.12. The van der Waals surface area contributed by atoms with E-state index >= 15 is 0 Å². The van der Waals surface area contributed by atoms with Crippen LogP contribution in [0.2, 0.25) is 5.22 Å². The number of benzene rings is 1. The fourth-order valence-corrected chi connectivity index (χ4v) is 1.58. The SMILES string of the molecule is O=C(NCc1ccc(F)c(F)c1)c1ccoc1Cl. The molecule has 6 heteroatoms. The molecule has 0 unspecified atom stereocenters. The molecular weight excluding hydrogens is 264 g/mol. The zero-order valence-electron chi connectivity index (χ0n) is 9.04. The first-order chi connectivity index (χ1) is 8.58. The standard InChI is InChI=1S/C12H8ClF2NO2/c13-11-8(3-4-18-11)12(17)16-6-7-1-2-9(14)10(15)5-7/h1-5H,6H2,(H,16,17). The van der Waals surface area contributed by atoms with Gasteiger partial charge < -0.3 is 9.73 Å². The number of rotatable bonds is 3. The Kier molecular flexibility index (Phi) is 3.62. The molecule has 2 aromatic rings. The van der Waals surface area contributed by atoms with Gasteiger partial charge in [0.15, 0.2) is 11.6 Å². The van der Waals surface area contributed by atoms with Gasteiger partial charge in [-0.25, -0.2) is 8.78 Å². The quantitative estimate of drug-likeness (QED) is 0.932. The molecule has 1 aromatic carbocycles. The van der Waals surface area contributed by atoms with Gasteiger partial charge in [0.2, 0.25) is 5.22 Å². The van der Waals surface area contributed by atoms with E-state index in [1.165, 1.54) is 18.4 Å². The average molecular weight is 272 g/mol. The molecule has 0 bridgehead atoms. The second kappa shape index (κ2) is 5.18. The van der Waals surface area contributed by atoms with Crippen molar-refractivity contribution >= 4 is 17.5 Å². The van der Waals surface area contributed by atoms with E-state index in [0.29, 0.717) is 5.56 Å². The minimum absolute atomic E-state index is 0.0159. The highest BCUT2D eigenvalue weighted by molar-refractivity contribution is 6.32. The molecule has 1 aromatic heterocycles. The summed E-state index contributed by atoms with van der Waals surface area (Å²) in [6, 6.07) is 4.83. The number of carbonyl (C=O) groups is 1. The van der Waals surface area contributed by atoms with Crippen LogP contribution in [0.1, 0.15) is 15.9 Å². The van der Waals surface area contributed by atoms with E-state index in [4.69, 9.17) is 16.0 Å². The Morgan fingerprint density at radius 3 is 2.67 bits per heavy atom. The number of furan rings is 1. The summed E-state index contributed by atoms with van der Waals surface area (Å²) in [5.41, 5.74) is 0.640. The molecule has 1 heterocycles. The highest BCUT2D eigenvalue weighted by Crippen LogP contribution is 2.16. The van der Waals surface area contributed by atoms with Crippen LogP contribution in [0.25, 0.3) is 0 Å². The maximum atomic E-state index is 12.9. The van der Waals surface area contributed by atoms with Gasteiger partial charge in [-0.2, -0.15) is 0 Å². The fourth-order valence-electron chi connectivity index (χ4n) is 1.38. The predicted molar refractivity (Wildman–Crippen MR) is 61.2 cm³/mol. The van der Waals surface area contributed by atoms with Crippen LogP contribution in [0.3, 0.4) is 0 Å². The monoisotopic (exact) mass is 271 g/mol. The van der Waals surface area contributed by atoms with Crippen LogP contribution < -0.4 is 5.32 Å². The minimum Gasteiger partial charge on any atom is -0.452 e. The van der Waals surface area contributed by atoms with E-state index in [-0.39, 0.29) is 17.3 Å². The molecule has 3 nitrogen and oxygen atoms in total. The first-order valence-corrected chi connectivity index (χ1v) is 5.41. The molecule has 1 N–H and O–H groups in total. The van der Waals surface area contributed by atoms with Crippen molar-refractivity contribution in [3.8, 4) is 0 Å². The van der Waals surface area contributed by atoms with Gasteiger partial charge in [-0.15, -0.1) is 0 Å². The molecule has 0 saturated carbocycles.